The van der Waals surface area contributed by atoms with Crippen LogP contribution in [0, 0.1) is 0 Å². The van der Waals surface area contributed by atoms with Crippen molar-refractivity contribution in [1.82, 2.24) is 9.55 Å². The van der Waals surface area contributed by atoms with Gasteiger partial charge in [0.25, 0.3) is 5.56 Å². The molecule has 152 valence electrons. The minimum atomic E-state index is -0.169. The Hall–Kier alpha value is -3.28. The number of nitrogens with zero attached hydrogens (tertiary/aromatic N) is 2. The summed E-state index contributed by atoms with van der Waals surface area (Å²) in [7, 11) is 3.23. The summed E-state index contributed by atoms with van der Waals surface area (Å²) in [6, 6.07) is 13.8. The summed E-state index contributed by atoms with van der Waals surface area (Å²) < 4.78 is 12.2. The lowest BCUT2D eigenvalue weighted by atomic mass is 10.0. The van der Waals surface area contributed by atoms with Crippen molar-refractivity contribution in [3.8, 4) is 17.2 Å². The summed E-state index contributed by atoms with van der Waals surface area (Å²) in [4.78, 5) is 17.0. The van der Waals surface area contributed by atoms with E-state index in [9.17, 15) is 4.79 Å². The van der Waals surface area contributed by atoms with E-state index in [-0.39, 0.29) is 5.56 Å². The van der Waals surface area contributed by atoms with E-state index in [0.717, 1.165) is 17.7 Å². The quantitative estimate of drug-likeness (QED) is 0.626. The first-order valence-electron chi connectivity index (χ1n) is 9.66. The summed E-state index contributed by atoms with van der Waals surface area (Å²) in [5.41, 5.74) is 2.97. The Morgan fingerprint density at radius 3 is 2.41 bits per heavy atom. The second kappa shape index (κ2) is 9.28. The van der Waals surface area contributed by atoms with Crippen LogP contribution in [0.5, 0.6) is 11.5 Å². The van der Waals surface area contributed by atoms with Crippen LogP contribution >= 0.6 is 0 Å². The molecule has 3 aromatic rings. The van der Waals surface area contributed by atoms with Crippen molar-refractivity contribution < 1.29 is 9.47 Å². The smallest absolute Gasteiger partial charge is 0.297 e. The standard InChI is InChI=1S/C23H27N3O3/c1-16(2)18-6-8-19(9-7-18)26-14-13-25-22(23(26)27)24-12-11-17-5-10-20(28-3)21(15-17)29-4/h5-10,13-16H,11-12H2,1-4H3,(H,24,25). The summed E-state index contributed by atoms with van der Waals surface area (Å²) in [6.07, 6.45) is 4.04. The maximum absolute atomic E-state index is 12.8. The third-order valence-corrected chi connectivity index (χ3v) is 4.83. The Bertz CT molecular complexity index is 1010. The first-order chi connectivity index (χ1) is 14.0. The summed E-state index contributed by atoms with van der Waals surface area (Å²) in [5.74, 6) is 2.17. The van der Waals surface area contributed by atoms with Gasteiger partial charge in [-0.2, -0.15) is 0 Å². The highest BCUT2D eigenvalue weighted by Gasteiger charge is 2.08. The number of hydrogen-bond donors (Lipinski definition) is 1. The second-order valence-electron chi connectivity index (χ2n) is 7.06. The van der Waals surface area contributed by atoms with E-state index >= 15 is 0 Å². The predicted octanol–water partition coefficient (Wildman–Crippen LogP) is 4.03. The van der Waals surface area contributed by atoms with Crippen molar-refractivity contribution in [2.75, 3.05) is 26.1 Å². The van der Waals surface area contributed by atoms with Gasteiger partial charge in [-0.3, -0.25) is 9.36 Å². The number of benzene rings is 2. The monoisotopic (exact) mass is 393 g/mol. The fraction of sp³-hybridized carbons (Fsp3) is 0.304. The molecule has 0 aliphatic carbocycles. The van der Waals surface area contributed by atoms with Crippen LogP contribution in [-0.4, -0.2) is 30.3 Å². The molecule has 0 spiro atoms. The number of aromatic nitrogens is 2. The highest BCUT2D eigenvalue weighted by Crippen LogP contribution is 2.27. The first kappa shape index (κ1) is 20.5. The van der Waals surface area contributed by atoms with Crippen molar-refractivity contribution in [2.24, 2.45) is 0 Å². The van der Waals surface area contributed by atoms with Crippen LogP contribution in [0.4, 0.5) is 5.82 Å². The fourth-order valence-corrected chi connectivity index (χ4v) is 3.12. The highest BCUT2D eigenvalue weighted by atomic mass is 16.5. The lowest BCUT2D eigenvalue weighted by Crippen LogP contribution is -2.24. The highest BCUT2D eigenvalue weighted by molar-refractivity contribution is 5.44. The minimum absolute atomic E-state index is 0.169. The van der Waals surface area contributed by atoms with Crippen LogP contribution in [-0.2, 0) is 6.42 Å². The normalized spacial score (nSPS) is 10.8. The Kier molecular flexibility index (Phi) is 6.54. The number of nitrogens with one attached hydrogen (secondary N) is 1. The molecule has 1 heterocycles. The van der Waals surface area contributed by atoms with Gasteiger partial charge >= 0.3 is 0 Å². The Morgan fingerprint density at radius 2 is 1.76 bits per heavy atom. The maximum atomic E-state index is 12.8. The number of anilines is 1. The second-order valence-corrected chi connectivity index (χ2v) is 7.06. The SMILES string of the molecule is COc1ccc(CCNc2nccn(-c3ccc(C(C)C)cc3)c2=O)cc1OC. The molecule has 1 N–H and O–H groups in total. The van der Waals surface area contributed by atoms with E-state index in [1.807, 2.05) is 30.3 Å². The van der Waals surface area contributed by atoms with Crippen LogP contribution < -0.4 is 20.3 Å². The van der Waals surface area contributed by atoms with Gasteiger partial charge in [-0.1, -0.05) is 32.0 Å². The van der Waals surface area contributed by atoms with E-state index in [0.29, 0.717) is 29.8 Å². The molecule has 0 saturated heterocycles. The minimum Gasteiger partial charge on any atom is -0.493 e. The molecule has 0 aliphatic rings. The van der Waals surface area contributed by atoms with Gasteiger partial charge in [-0.25, -0.2) is 4.98 Å². The lowest BCUT2D eigenvalue weighted by molar-refractivity contribution is 0.354. The molecule has 0 amide bonds. The summed E-state index contributed by atoms with van der Waals surface area (Å²) in [6.45, 7) is 4.87. The van der Waals surface area contributed by atoms with E-state index in [2.05, 4.69) is 36.3 Å². The summed E-state index contributed by atoms with van der Waals surface area (Å²) >= 11 is 0. The molecule has 29 heavy (non-hydrogen) atoms. The molecule has 6 heteroatoms. The molecule has 0 atom stereocenters. The molecular formula is C23H27N3O3. The molecule has 3 rings (SSSR count). The number of rotatable bonds is 8. The van der Waals surface area contributed by atoms with Gasteiger partial charge in [0.15, 0.2) is 17.3 Å². The zero-order valence-electron chi connectivity index (χ0n) is 17.3. The number of ether oxygens (including phenoxy) is 2. The maximum Gasteiger partial charge on any atom is 0.297 e. The van der Waals surface area contributed by atoms with Crippen LogP contribution in [0.3, 0.4) is 0 Å². The molecule has 0 aliphatic heterocycles. The van der Waals surface area contributed by atoms with E-state index < -0.39 is 0 Å². The molecule has 0 saturated carbocycles. The van der Waals surface area contributed by atoms with Crippen LogP contribution in [0.1, 0.15) is 30.9 Å². The number of methoxy groups -OCH3 is 2. The van der Waals surface area contributed by atoms with E-state index in [1.54, 1.807) is 31.2 Å². The molecule has 0 unspecified atom stereocenters. The van der Waals surface area contributed by atoms with Gasteiger partial charge in [0.1, 0.15) is 0 Å². The molecule has 6 nitrogen and oxygen atoms in total. The van der Waals surface area contributed by atoms with Gasteiger partial charge in [-0.05, 0) is 47.7 Å². The van der Waals surface area contributed by atoms with Crippen molar-refractivity contribution in [1.29, 1.82) is 0 Å². The van der Waals surface area contributed by atoms with Gasteiger partial charge in [0.2, 0.25) is 0 Å². The van der Waals surface area contributed by atoms with Gasteiger partial charge < -0.3 is 14.8 Å². The first-order valence-corrected chi connectivity index (χ1v) is 9.66. The Balaban J connectivity index is 1.71. The zero-order chi connectivity index (χ0) is 20.8. The van der Waals surface area contributed by atoms with Crippen molar-refractivity contribution in [2.45, 2.75) is 26.2 Å². The van der Waals surface area contributed by atoms with E-state index in [4.69, 9.17) is 9.47 Å². The molecule has 0 radical (unpaired) electrons. The molecule has 0 bridgehead atoms. The van der Waals surface area contributed by atoms with Gasteiger partial charge in [-0.15, -0.1) is 0 Å². The van der Waals surface area contributed by atoms with Crippen molar-refractivity contribution >= 4 is 5.82 Å². The Morgan fingerprint density at radius 1 is 1.03 bits per heavy atom. The average molecular weight is 393 g/mol. The average Bonchev–Trinajstić information content (AvgIpc) is 2.75. The van der Waals surface area contributed by atoms with Crippen LogP contribution in [0.25, 0.3) is 5.69 Å². The van der Waals surface area contributed by atoms with Crippen LogP contribution in [0.2, 0.25) is 0 Å². The van der Waals surface area contributed by atoms with Gasteiger partial charge in [0, 0.05) is 24.6 Å². The third kappa shape index (κ3) is 4.77. The lowest BCUT2D eigenvalue weighted by Gasteiger charge is -2.12. The molecule has 2 aromatic carbocycles. The number of hydrogen-bond acceptors (Lipinski definition) is 5. The third-order valence-electron chi connectivity index (χ3n) is 4.83. The van der Waals surface area contributed by atoms with Crippen LogP contribution in [0.15, 0.2) is 59.7 Å². The molecular weight excluding hydrogens is 366 g/mol. The molecule has 0 fully saturated rings. The molecule has 1 aromatic heterocycles. The predicted molar refractivity (Wildman–Crippen MR) is 116 cm³/mol. The largest absolute Gasteiger partial charge is 0.493 e. The van der Waals surface area contributed by atoms with Crippen molar-refractivity contribution in [3.05, 3.63) is 76.3 Å². The van der Waals surface area contributed by atoms with Crippen molar-refractivity contribution in [3.63, 3.8) is 0 Å². The Labute approximate surface area is 171 Å². The fourth-order valence-electron chi connectivity index (χ4n) is 3.12. The topological polar surface area (TPSA) is 65.4 Å². The summed E-state index contributed by atoms with van der Waals surface area (Å²) in [5, 5.41) is 3.15. The van der Waals surface area contributed by atoms with E-state index in [1.165, 1.54) is 5.56 Å². The van der Waals surface area contributed by atoms with Gasteiger partial charge in [0.05, 0.1) is 14.2 Å². The zero-order valence-corrected chi connectivity index (χ0v) is 17.3.